The molecule has 2 aromatic rings. The number of anilines is 2. The number of nitrogens with one attached hydrogen (secondary N) is 1. The predicted octanol–water partition coefficient (Wildman–Crippen LogP) is 3.27. The average molecular weight is 351 g/mol. The second-order valence-electron chi connectivity index (χ2n) is 5.38. The predicted molar refractivity (Wildman–Crippen MR) is 90.3 cm³/mol. The lowest BCUT2D eigenvalue weighted by atomic mass is 10.2. The summed E-state index contributed by atoms with van der Waals surface area (Å²) in [6, 6.07) is 12.5. The van der Waals surface area contributed by atoms with Crippen LogP contribution in [-0.2, 0) is 14.8 Å². The fraction of sp³-hybridized carbons (Fsp3) is 0.188. The minimum Gasteiger partial charge on any atom is -0.324 e. The molecule has 120 valence electrons. The normalized spacial score (nSPS) is 18.1. The number of sulfonamides is 1. The second kappa shape index (κ2) is 5.86. The lowest BCUT2D eigenvalue weighted by Crippen LogP contribution is -2.39. The molecule has 1 amide bonds. The summed E-state index contributed by atoms with van der Waals surface area (Å²) in [6.07, 6.45) is 0.0779. The maximum Gasteiger partial charge on any atom is 0.264 e. The molecular weight excluding hydrogens is 336 g/mol. The van der Waals surface area contributed by atoms with E-state index in [9.17, 15) is 13.2 Å². The van der Waals surface area contributed by atoms with Crippen molar-refractivity contribution in [1.82, 2.24) is 0 Å². The summed E-state index contributed by atoms with van der Waals surface area (Å²) < 4.78 is 27.5. The van der Waals surface area contributed by atoms with Gasteiger partial charge >= 0.3 is 0 Å². The molecule has 0 aliphatic carbocycles. The molecule has 0 aromatic heterocycles. The zero-order valence-corrected chi connectivity index (χ0v) is 13.9. The van der Waals surface area contributed by atoms with E-state index in [0.29, 0.717) is 16.4 Å². The summed E-state index contributed by atoms with van der Waals surface area (Å²) in [4.78, 5) is 12.1. The number of hydrogen-bond acceptors (Lipinski definition) is 3. The van der Waals surface area contributed by atoms with Gasteiger partial charge in [-0.25, -0.2) is 8.42 Å². The molecule has 0 unspecified atom stereocenters. The van der Waals surface area contributed by atoms with Crippen LogP contribution in [0.15, 0.2) is 53.4 Å². The number of hydrogen-bond donors (Lipinski definition) is 1. The van der Waals surface area contributed by atoms with Crippen LogP contribution in [0.3, 0.4) is 0 Å². The molecule has 1 aliphatic heterocycles. The van der Waals surface area contributed by atoms with E-state index in [1.807, 2.05) is 0 Å². The van der Waals surface area contributed by atoms with E-state index in [1.165, 1.54) is 16.4 Å². The van der Waals surface area contributed by atoms with Gasteiger partial charge in [0.2, 0.25) is 5.91 Å². The van der Waals surface area contributed by atoms with Crippen molar-refractivity contribution < 1.29 is 13.2 Å². The van der Waals surface area contributed by atoms with E-state index in [1.54, 1.807) is 43.3 Å². The van der Waals surface area contributed by atoms with Crippen molar-refractivity contribution in [3.8, 4) is 0 Å². The molecule has 1 atom stereocenters. The maximum atomic E-state index is 13.1. The van der Waals surface area contributed by atoms with Gasteiger partial charge < -0.3 is 5.32 Å². The Labute approximate surface area is 139 Å². The fourth-order valence-electron chi connectivity index (χ4n) is 2.67. The fourth-order valence-corrected chi connectivity index (χ4v) is 4.64. The van der Waals surface area contributed by atoms with Gasteiger partial charge in [-0.15, -0.1) is 0 Å². The SMILES string of the molecule is C[C@H]1CC(=O)Nc2ccccc2N1S(=O)(=O)c1cccc(Cl)c1. The van der Waals surface area contributed by atoms with Crippen LogP contribution in [-0.4, -0.2) is 20.4 Å². The first kappa shape index (κ1) is 15.8. The molecule has 0 fully saturated rings. The summed E-state index contributed by atoms with van der Waals surface area (Å²) in [6.45, 7) is 1.71. The highest BCUT2D eigenvalue weighted by molar-refractivity contribution is 7.92. The Bertz CT molecular complexity index is 867. The summed E-state index contributed by atoms with van der Waals surface area (Å²) in [5.74, 6) is -0.214. The first-order valence-corrected chi connectivity index (χ1v) is 8.90. The highest BCUT2D eigenvalue weighted by Gasteiger charge is 2.34. The molecule has 0 saturated heterocycles. The van der Waals surface area contributed by atoms with Gasteiger partial charge in [0.05, 0.1) is 22.3 Å². The van der Waals surface area contributed by atoms with E-state index in [0.717, 1.165) is 0 Å². The number of para-hydroxylation sites is 2. The summed E-state index contributed by atoms with van der Waals surface area (Å²) in [7, 11) is -3.84. The smallest absolute Gasteiger partial charge is 0.264 e. The van der Waals surface area contributed by atoms with Crippen LogP contribution >= 0.6 is 11.6 Å². The van der Waals surface area contributed by atoms with Gasteiger partial charge in [-0.1, -0.05) is 29.8 Å². The Balaban J connectivity index is 2.19. The Morgan fingerprint density at radius 1 is 1.17 bits per heavy atom. The lowest BCUT2D eigenvalue weighted by molar-refractivity contribution is -0.116. The van der Waals surface area contributed by atoms with Crippen molar-refractivity contribution in [3.63, 3.8) is 0 Å². The van der Waals surface area contributed by atoms with Crippen LogP contribution in [0.25, 0.3) is 0 Å². The Hall–Kier alpha value is -2.05. The second-order valence-corrected chi connectivity index (χ2v) is 7.63. The molecule has 1 heterocycles. The van der Waals surface area contributed by atoms with E-state index >= 15 is 0 Å². The minimum atomic E-state index is -3.84. The molecule has 1 N–H and O–H groups in total. The number of nitrogens with zero attached hydrogens (tertiary/aromatic N) is 1. The number of carbonyl (C=O) groups excluding carboxylic acids is 1. The first-order chi connectivity index (χ1) is 10.9. The number of benzene rings is 2. The minimum absolute atomic E-state index is 0.0779. The molecule has 0 radical (unpaired) electrons. The van der Waals surface area contributed by atoms with Gasteiger partial charge in [0, 0.05) is 11.4 Å². The topological polar surface area (TPSA) is 66.5 Å². The highest BCUT2D eigenvalue weighted by atomic mass is 35.5. The Morgan fingerprint density at radius 3 is 2.65 bits per heavy atom. The number of amides is 1. The molecule has 1 aliphatic rings. The Kier molecular flexibility index (Phi) is 4.04. The van der Waals surface area contributed by atoms with E-state index in [-0.39, 0.29) is 17.2 Å². The number of fused-ring (bicyclic) bond motifs is 1. The van der Waals surface area contributed by atoms with E-state index in [2.05, 4.69) is 5.32 Å². The number of carbonyl (C=O) groups is 1. The highest BCUT2D eigenvalue weighted by Crippen LogP contribution is 2.35. The van der Waals surface area contributed by atoms with Gasteiger partial charge in [-0.3, -0.25) is 9.10 Å². The third kappa shape index (κ3) is 2.92. The van der Waals surface area contributed by atoms with E-state index < -0.39 is 16.1 Å². The molecule has 0 saturated carbocycles. The molecule has 0 bridgehead atoms. The molecule has 5 nitrogen and oxygen atoms in total. The van der Waals surface area contributed by atoms with Crippen LogP contribution < -0.4 is 9.62 Å². The zero-order chi connectivity index (χ0) is 16.6. The third-order valence-corrected chi connectivity index (χ3v) is 5.81. The molecular formula is C16H15ClN2O3S. The van der Waals surface area contributed by atoms with Crippen molar-refractivity contribution >= 4 is 38.9 Å². The van der Waals surface area contributed by atoms with Crippen LogP contribution in [0.2, 0.25) is 5.02 Å². The van der Waals surface area contributed by atoms with Gasteiger partial charge in [-0.2, -0.15) is 0 Å². The van der Waals surface area contributed by atoms with Gasteiger partial charge in [0.1, 0.15) is 0 Å². The number of rotatable bonds is 2. The van der Waals surface area contributed by atoms with Crippen LogP contribution in [0, 0.1) is 0 Å². The molecule has 3 rings (SSSR count). The van der Waals surface area contributed by atoms with Crippen LogP contribution in [0.5, 0.6) is 0 Å². The molecule has 2 aromatic carbocycles. The molecule has 7 heteroatoms. The summed E-state index contributed by atoms with van der Waals surface area (Å²) in [5, 5.41) is 3.09. The summed E-state index contributed by atoms with van der Waals surface area (Å²) >= 11 is 5.93. The van der Waals surface area contributed by atoms with Crippen LogP contribution in [0.4, 0.5) is 11.4 Å². The average Bonchev–Trinajstić information content (AvgIpc) is 2.61. The van der Waals surface area contributed by atoms with Gasteiger partial charge in [0.15, 0.2) is 0 Å². The van der Waals surface area contributed by atoms with Crippen molar-refractivity contribution in [1.29, 1.82) is 0 Å². The number of halogens is 1. The van der Waals surface area contributed by atoms with E-state index in [4.69, 9.17) is 11.6 Å². The standard InChI is InChI=1S/C16H15ClN2O3S/c1-11-9-16(20)18-14-7-2-3-8-15(14)19(11)23(21,22)13-6-4-5-12(17)10-13/h2-8,10-11H,9H2,1H3,(H,18,20)/t11-/m0/s1. The first-order valence-electron chi connectivity index (χ1n) is 7.08. The largest absolute Gasteiger partial charge is 0.324 e. The maximum absolute atomic E-state index is 13.1. The van der Waals surface area contributed by atoms with Crippen molar-refractivity contribution in [2.24, 2.45) is 0 Å². The van der Waals surface area contributed by atoms with Crippen molar-refractivity contribution in [2.45, 2.75) is 24.3 Å². The zero-order valence-electron chi connectivity index (χ0n) is 12.4. The third-order valence-electron chi connectivity index (χ3n) is 3.65. The summed E-state index contributed by atoms with van der Waals surface area (Å²) in [5.41, 5.74) is 0.929. The van der Waals surface area contributed by atoms with Crippen molar-refractivity contribution in [2.75, 3.05) is 9.62 Å². The van der Waals surface area contributed by atoms with Gasteiger partial charge in [-0.05, 0) is 37.3 Å². The lowest BCUT2D eigenvalue weighted by Gasteiger charge is -2.29. The molecule has 23 heavy (non-hydrogen) atoms. The monoisotopic (exact) mass is 350 g/mol. The van der Waals surface area contributed by atoms with Crippen molar-refractivity contribution in [3.05, 3.63) is 53.6 Å². The van der Waals surface area contributed by atoms with Crippen LogP contribution in [0.1, 0.15) is 13.3 Å². The quantitative estimate of drug-likeness (QED) is 0.904. The molecule has 0 spiro atoms. The van der Waals surface area contributed by atoms with Gasteiger partial charge in [0.25, 0.3) is 10.0 Å². The Morgan fingerprint density at radius 2 is 1.91 bits per heavy atom.